The van der Waals surface area contributed by atoms with Gasteiger partial charge in [0.05, 0.1) is 17.0 Å². The van der Waals surface area contributed by atoms with Crippen LogP contribution in [0, 0.1) is 6.92 Å². The smallest absolute Gasteiger partial charge is 0.299 e. The van der Waals surface area contributed by atoms with Crippen LogP contribution in [0.4, 0.5) is 13.2 Å². The molecule has 0 saturated heterocycles. The number of hydrogen-bond acceptors (Lipinski definition) is 5. The second-order valence-electron chi connectivity index (χ2n) is 6.50. The minimum Gasteiger partial charge on any atom is -0.299 e. The quantitative estimate of drug-likeness (QED) is 0.647. The molecule has 0 amide bonds. The van der Waals surface area contributed by atoms with Crippen LogP contribution in [0.1, 0.15) is 28.9 Å². The number of alkyl halides is 3. The van der Waals surface area contributed by atoms with E-state index in [9.17, 15) is 18.0 Å². The molecule has 6 nitrogen and oxygen atoms in total. The van der Waals surface area contributed by atoms with Crippen molar-refractivity contribution in [1.29, 1.82) is 0 Å². The Balaban J connectivity index is 1.72. The molecule has 0 saturated carbocycles. The molecule has 0 aromatic carbocycles. The minimum atomic E-state index is -4.58. The van der Waals surface area contributed by atoms with Gasteiger partial charge >= 0.3 is 6.18 Å². The van der Waals surface area contributed by atoms with Gasteiger partial charge in [0, 0.05) is 38.5 Å². The highest BCUT2D eigenvalue weighted by Gasteiger charge is 2.38. The van der Waals surface area contributed by atoms with E-state index in [4.69, 9.17) is 0 Å². The molecule has 0 aliphatic heterocycles. The molecule has 0 aliphatic carbocycles. The van der Waals surface area contributed by atoms with Crippen LogP contribution in [0.5, 0.6) is 0 Å². The van der Waals surface area contributed by atoms with E-state index in [1.54, 1.807) is 37.5 Å². The first kappa shape index (κ1) is 19.7. The molecular formula is C19H18F3N5O. The molecular weight excluding hydrogens is 371 g/mol. The molecule has 3 aromatic rings. The lowest BCUT2D eigenvalue weighted by atomic mass is 10.0. The molecule has 28 heavy (non-hydrogen) atoms. The van der Waals surface area contributed by atoms with Crippen LogP contribution in [0.2, 0.25) is 0 Å². The minimum absolute atomic E-state index is 0.0429. The van der Waals surface area contributed by atoms with Gasteiger partial charge in [-0.15, -0.1) is 5.10 Å². The second-order valence-corrected chi connectivity index (χ2v) is 6.50. The van der Waals surface area contributed by atoms with Gasteiger partial charge in [0.15, 0.2) is 5.69 Å². The molecule has 3 heterocycles. The highest BCUT2D eigenvalue weighted by molar-refractivity contribution is 5.81. The fraction of sp³-hybridized carbons (Fsp3) is 0.316. The largest absolute Gasteiger partial charge is 0.435 e. The number of aryl methyl sites for hydroxylation is 3. The van der Waals surface area contributed by atoms with E-state index in [-0.39, 0.29) is 23.5 Å². The number of aromatic nitrogens is 5. The van der Waals surface area contributed by atoms with Crippen molar-refractivity contribution in [2.45, 2.75) is 32.4 Å². The summed E-state index contributed by atoms with van der Waals surface area (Å²) in [5, 5.41) is 11.5. The molecule has 0 unspecified atom stereocenters. The summed E-state index contributed by atoms with van der Waals surface area (Å²) < 4.78 is 40.6. The van der Waals surface area contributed by atoms with Crippen LogP contribution in [-0.4, -0.2) is 30.7 Å². The van der Waals surface area contributed by atoms with Gasteiger partial charge in [0.1, 0.15) is 5.78 Å². The van der Waals surface area contributed by atoms with Gasteiger partial charge in [-0.1, -0.05) is 0 Å². The maximum absolute atomic E-state index is 13.2. The third-order valence-corrected chi connectivity index (χ3v) is 4.20. The molecule has 0 radical (unpaired) electrons. The van der Waals surface area contributed by atoms with Gasteiger partial charge in [-0.05, 0) is 42.7 Å². The lowest BCUT2D eigenvalue weighted by molar-refractivity contribution is -0.141. The first-order chi connectivity index (χ1) is 13.2. The second kappa shape index (κ2) is 7.87. The Morgan fingerprint density at radius 1 is 1.18 bits per heavy atom. The van der Waals surface area contributed by atoms with Crippen LogP contribution in [0.3, 0.4) is 0 Å². The number of rotatable bonds is 6. The fourth-order valence-electron chi connectivity index (χ4n) is 2.88. The summed E-state index contributed by atoms with van der Waals surface area (Å²) in [4.78, 5) is 16.0. The van der Waals surface area contributed by atoms with Crippen LogP contribution >= 0.6 is 0 Å². The summed E-state index contributed by atoms with van der Waals surface area (Å²) in [6.07, 6.45) is 0.902. The predicted molar refractivity (Wildman–Crippen MR) is 95.2 cm³/mol. The zero-order chi connectivity index (χ0) is 20.3. The summed E-state index contributed by atoms with van der Waals surface area (Å²) in [6, 6.07) is 5.22. The summed E-state index contributed by atoms with van der Waals surface area (Å²) in [6.45, 7) is 1.67. The van der Waals surface area contributed by atoms with Crippen molar-refractivity contribution in [2.24, 2.45) is 7.05 Å². The van der Waals surface area contributed by atoms with Crippen LogP contribution in [0.15, 0.2) is 36.8 Å². The predicted octanol–water partition coefficient (Wildman–Crippen LogP) is 3.34. The average Bonchev–Trinajstić information content (AvgIpc) is 3.03. The van der Waals surface area contributed by atoms with Crippen molar-refractivity contribution < 1.29 is 18.0 Å². The lowest BCUT2D eigenvalue weighted by Crippen LogP contribution is -2.10. The number of hydrogen-bond donors (Lipinski definition) is 0. The third-order valence-electron chi connectivity index (χ3n) is 4.20. The van der Waals surface area contributed by atoms with Crippen molar-refractivity contribution in [1.82, 2.24) is 25.0 Å². The highest BCUT2D eigenvalue weighted by atomic mass is 19.4. The van der Waals surface area contributed by atoms with Crippen molar-refractivity contribution in [3.05, 3.63) is 59.3 Å². The van der Waals surface area contributed by atoms with Gasteiger partial charge in [0.2, 0.25) is 0 Å². The number of nitrogens with zero attached hydrogens (tertiary/aromatic N) is 5. The van der Waals surface area contributed by atoms with Crippen LogP contribution in [-0.2, 0) is 30.9 Å². The molecule has 146 valence electrons. The molecule has 0 bridgehead atoms. The van der Waals surface area contributed by atoms with E-state index < -0.39 is 11.9 Å². The van der Waals surface area contributed by atoms with E-state index in [0.717, 1.165) is 10.2 Å². The number of halogens is 3. The number of Topliss-reactive ketones (excluding diaryl/α,β-unsaturated/α-hetero) is 1. The summed E-state index contributed by atoms with van der Waals surface area (Å²) in [7, 11) is 1.42. The zero-order valence-corrected chi connectivity index (χ0v) is 15.4. The standard InChI is InChI=1S/C19H18F3N5O/c1-12-9-14(3-4-15(28)10-13-5-7-23-8-6-13)24-25-17(12)16-11-27(2)26-18(16)19(20,21)22/h5-9,11H,3-4,10H2,1-2H3. The Kier molecular flexibility index (Phi) is 5.53. The Morgan fingerprint density at radius 2 is 1.89 bits per heavy atom. The molecule has 9 heteroatoms. The monoisotopic (exact) mass is 389 g/mol. The molecule has 0 spiro atoms. The molecule has 0 aliphatic rings. The Morgan fingerprint density at radius 3 is 2.54 bits per heavy atom. The van der Waals surface area contributed by atoms with Crippen LogP contribution < -0.4 is 0 Å². The average molecular weight is 389 g/mol. The molecule has 0 N–H and O–H groups in total. The van der Waals surface area contributed by atoms with Crippen molar-refractivity contribution >= 4 is 5.78 Å². The number of pyridine rings is 1. The number of carbonyl (C=O) groups excluding carboxylic acids is 1. The van der Waals surface area contributed by atoms with Gasteiger partial charge in [-0.3, -0.25) is 14.5 Å². The van der Waals surface area contributed by atoms with E-state index in [1.165, 1.54) is 13.2 Å². The normalized spacial score (nSPS) is 11.6. The molecule has 3 rings (SSSR count). The van der Waals surface area contributed by atoms with E-state index in [1.807, 2.05) is 0 Å². The van der Waals surface area contributed by atoms with E-state index >= 15 is 0 Å². The molecule has 0 atom stereocenters. The van der Waals surface area contributed by atoms with Crippen LogP contribution in [0.25, 0.3) is 11.3 Å². The fourth-order valence-corrected chi connectivity index (χ4v) is 2.88. The first-order valence-electron chi connectivity index (χ1n) is 8.59. The summed E-state index contributed by atoms with van der Waals surface area (Å²) >= 11 is 0. The zero-order valence-electron chi connectivity index (χ0n) is 15.4. The van der Waals surface area contributed by atoms with E-state index in [0.29, 0.717) is 24.1 Å². The maximum Gasteiger partial charge on any atom is 0.435 e. The van der Waals surface area contributed by atoms with Crippen molar-refractivity contribution in [2.75, 3.05) is 0 Å². The summed E-state index contributed by atoms with van der Waals surface area (Å²) in [5.74, 6) is 0.0429. The lowest BCUT2D eigenvalue weighted by Gasteiger charge is -2.08. The summed E-state index contributed by atoms with van der Waals surface area (Å²) in [5.41, 5.74) is 1.01. The Labute approximate surface area is 159 Å². The van der Waals surface area contributed by atoms with Crippen molar-refractivity contribution in [3.63, 3.8) is 0 Å². The van der Waals surface area contributed by atoms with Gasteiger partial charge < -0.3 is 0 Å². The molecule has 3 aromatic heterocycles. The first-order valence-corrected chi connectivity index (χ1v) is 8.59. The van der Waals surface area contributed by atoms with Gasteiger partial charge in [-0.2, -0.15) is 23.4 Å². The van der Waals surface area contributed by atoms with Crippen molar-refractivity contribution in [3.8, 4) is 11.3 Å². The number of ketones is 1. The number of carbonyl (C=O) groups is 1. The third kappa shape index (κ3) is 4.59. The highest BCUT2D eigenvalue weighted by Crippen LogP contribution is 2.36. The van der Waals surface area contributed by atoms with Gasteiger partial charge in [-0.25, -0.2) is 0 Å². The topological polar surface area (TPSA) is 73.6 Å². The SMILES string of the molecule is Cc1cc(CCC(=O)Cc2ccncc2)nnc1-c1cn(C)nc1C(F)(F)F. The van der Waals surface area contributed by atoms with Gasteiger partial charge in [0.25, 0.3) is 0 Å². The Bertz CT molecular complexity index is 983. The molecule has 0 fully saturated rings. The maximum atomic E-state index is 13.2. The van der Waals surface area contributed by atoms with E-state index in [2.05, 4.69) is 20.3 Å². The Hall–Kier alpha value is -3.10.